The molecule has 5 rings (SSSR count). The maximum atomic E-state index is 12.6. The topological polar surface area (TPSA) is 95.5 Å². The van der Waals surface area contributed by atoms with Gasteiger partial charge in [0.05, 0.1) is 13.1 Å². The van der Waals surface area contributed by atoms with Crippen LogP contribution in [0.3, 0.4) is 0 Å². The summed E-state index contributed by atoms with van der Waals surface area (Å²) in [6, 6.07) is 9.40. The van der Waals surface area contributed by atoms with Crippen LogP contribution in [0, 0.1) is 0 Å². The Bertz CT molecular complexity index is 1030. The monoisotopic (exact) mass is 423 g/mol. The van der Waals surface area contributed by atoms with Crippen LogP contribution in [0.25, 0.3) is 11.4 Å². The fourth-order valence-electron chi connectivity index (χ4n) is 3.94. The Hall–Kier alpha value is -3.20. The molecule has 0 spiro atoms. The number of nitrogens with zero attached hydrogens (tertiary/aromatic N) is 5. The van der Waals surface area contributed by atoms with Crippen LogP contribution in [-0.2, 0) is 11.3 Å². The fourth-order valence-corrected chi connectivity index (χ4v) is 3.94. The first-order valence-corrected chi connectivity index (χ1v) is 10.7. The summed E-state index contributed by atoms with van der Waals surface area (Å²) in [5.74, 6) is 2.29. The minimum atomic E-state index is -0.0157. The molecule has 0 N–H and O–H groups in total. The van der Waals surface area contributed by atoms with Crippen molar-refractivity contribution in [2.75, 3.05) is 26.3 Å². The van der Waals surface area contributed by atoms with E-state index in [1.54, 1.807) is 21.8 Å². The highest BCUT2D eigenvalue weighted by molar-refractivity contribution is 5.93. The first kappa shape index (κ1) is 19.7. The SMILES string of the molecule is CCn1nccc1C(=O)N1CC(Oc2ccc(-c3noc(C4CCOCC4)n3)cc2)C1. The average molecular weight is 423 g/mol. The first-order valence-electron chi connectivity index (χ1n) is 10.7. The summed E-state index contributed by atoms with van der Waals surface area (Å²) < 4.78 is 18.6. The van der Waals surface area contributed by atoms with Gasteiger partial charge in [0, 0.05) is 37.4 Å². The molecule has 2 aliphatic heterocycles. The summed E-state index contributed by atoms with van der Waals surface area (Å²) in [5, 5.41) is 8.29. The standard InChI is InChI=1S/C22H25N5O4/c1-2-27-19(7-10-23-27)22(28)26-13-18(14-26)30-17-5-3-15(4-6-17)20-24-21(31-25-20)16-8-11-29-12-9-16/h3-7,10,16,18H,2,8-9,11-14H2,1H3. The van der Waals surface area contributed by atoms with Crippen molar-refractivity contribution >= 4 is 5.91 Å². The largest absolute Gasteiger partial charge is 0.487 e. The number of benzene rings is 1. The molecule has 0 aliphatic carbocycles. The molecule has 0 radical (unpaired) electrons. The summed E-state index contributed by atoms with van der Waals surface area (Å²) in [7, 11) is 0. The van der Waals surface area contributed by atoms with E-state index >= 15 is 0 Å². The zero-order valence-electron chi connectivity index (χ0n) is 17.4. The van der Waals surface area contributed by atoms with Crippen LogP contribution < -0.4 is 4.74 Å². The number of likely N-dealkylation sites (tertiary alicyclic amines) is 1. The number of carbonyl (C=O) groups is 1. The Balaban J connectivity index is 1.16. The van der Waals surface area contributed by atoms with Gasteiger partial charge in [-0.1, -0.05) is 5.16 Å². The van der Waals surface area contributed by atoms with E-state index in [1.165, 1.54) is 0 Å². The molecule has 0 atom stereocenters. The zero-order chi connectivity index (χ0) is 21.2. The van der Waals surface area contributed by atoms with Gasteiger partial charge in [0.25, 0.3) is 5.91 Å². The van der Waals surface area contributed by atoms with Crippen LogP contribution in [-0.4, -0.2) is 63.1 Å². The molecule has 9 heteroatoms. The molecule has 4 heterocycles. The second-order valence-corrected chi connectivity index (χ2v) is 7.85. The lowest BCUT2D eigenvalue weighted by Crippen LogP contribution is -2.56. The maximum absolute atomic E-state index is 12.6. The van der Waals surface area contributed by atoms with Crippen LogP contribution in [0.4, 0.5) is 0 Å². The molecule has 2 aromatic heterocycles. The molecule has 31 heavy (non-hydrogen) atoms. The van der Waals surface area contributed by atoms with E-state index in [9.17, 15) is 4.79 Å². The molecule has 0 unspecified atom stereocenters. The van der Waals surface area contributed by atoms with Gasteiger partial charge in [-0.25, -0.2) is 0 Å². The number of hydrogen-bond donors (Lipinski definition) is 0. The third-order valence-corrected chi connectivity index (χ3v) is 5.80. The van der Waals surface area contributed by atoms with Crippen molar-refractivity contribution in [2.45, 2.75) is 38.3 Å². The molecule has 3 aromatic rings. The highest BCUT2D eigenvalue weighted by atomic mass is 16.5. The Morgan fingerprint density at radius 2 is 1.94 bits per heavy atom. The van der Waals surface area contributed by atoms with Gasteiger partial charge >= 0.3 is 0 Å². The minimum absolute atomic E-state index is 0.00742. The lowest BCUT2D eigenvalue weighted by Gasteiger charge is -2.38. The van der Waals surface area contributed by atoms with Gasteiger partial charge in [-0.3, -0.25) is 9.48 Å². The molecule has 9 nitrogen and oxygen atoms in total. The van der Waals surface area contributed by atoms with Crippen molar-refractivity contribution in [3.8, 4) is 17.1 Å². The molecule has 1 amide bonds. The summed E-state index contributed by atoms with van der Waals surface area (Å²) in [5.41, 5.74) is 1.50. The normalized spacial score (nSPS) is 17.5. The van der Waals surface area contributed by atoms with Crippen LogP contribution in [0.15, 0.2) is 41.1 Å². The highest BCUT2D eigenvalue weighted by Gasteiger charge is 2.34. The van der Waals surface area contributed by atoms with Gasteiger partial charge < -0.3 is 18.9 Å². The molecule has 2 fully saturated rings. The maximum Gasteiger partial charge on any atom is 0.272 e. The Kier molecular flexibility index (Phi) is 5.42. The van der Waals surface area contributed by atoms with Gasteiger partial charge in [-0.05, 0) is 50.1 Å². The minimum Gasteiger partial charge on any atom is -0.487 e. The molecule has 0 bridgehead atoms. The van der Waals surface area contributed by atoms with Gasteiger partial charge in [0.15, 0.2) is 0 Å². The predicted molar refractivity (Wildman–Crippen MR) is 111 cm³/mol. The third kappa shape index (κ3) is 4.05. The number of amides is 1. The number of hydrogen-bond acceptors (Lipinski definition) is 7. The number of carbonyl (C=O) groups excluding carboxylic acids is 1. The third-order valence-electron chi connectivity index (χ3n) is 5.80. The second-order valence-electron chi connectivity index (χ2n) is 7.85. The number of aryl methyl sites for hydroxylation is 1. The van der Waals surface area contributed by atoms with E-state index in [-0.39, 0.29) is 17.9 Å². The Morgan fingerprint density at radius 1 is 1.16 bits per heavy atom. The van der Waals surface area contributed by atoms with Crippen LogP contribution in [0.5, 0.6) is 5.75 Å². The smallest absolute Gasteiger partial charge is 0.272 e. The van der Waals surface area contributed by atoms with E-state index in [0.29, 0.717) is 37.0 Å². The number of rotatable bonds is 6. The van der Waals surface area contributed by atoms with Gasteiger partial charge in [-0.15, -0.1) is 0 Å². The summed E-state index contributed by atoms with van der Waals surface area (Å²) in [6.45, 7) is 5.24. The second kappa shape index (κ2) is 8.50. The molecule has 1 aromatic carbocycles. The van der Waals surface area contributed by atoms with E-state index in [1.807, 2.05) is 31.2 Å². The Labute approximate surface area is 179 Å². The molecular formula is C22H25N5O4. The van der Waals surface area contributed by atoms with Crippen molar-refractivity contribution in [1.82, 2.24) is 24.8 Å². The van der Waals surface area contributed by atoms with E-state index in [0.717, 1.165) is 37.4 Å². The first-order chi connectivity index (χ1) is 15.2. The van der Waals surface area contributed by atoms with Crippen LogP contribution in [0.1, 0.15) is 42.1 Å². The van der Waals surface area contributed by atoms with Crippen molar-refractivity contribution in [3.63, 3.8) is 0 Å². The molecule has 162 valence electrons. The molecule has 2 saturated heterocycles. The van der Waals surface area contributed by atoms with Gasteiger partial charge in [0.2, 0.25) is 11.7 Å². The lowest BCUT2D eigenvalue weighted by atomic mass is 10.0. The van der Waals surface area contributed by atoms with E-state index < -0.39 is 0 Å². The quantitative estimate of drug-likeness (QED) is 0.601. The van der Waals surface area contributed by atoms with Crippen LogP contribution in [0.2, 0.25) is 0 Å². The van der Waals surface area contributed by atoms with E-state index in [4.69, 9.17) is 14.0 Å². The number of ether oxygens (including phenoxy) is 2. The molecular weight excluding hydrogens is 398 g/mol. The highest BCUT2D eigenvalue weighted by Crippen LogP contribution is 2.28. The zero-order valence-corrected chi connectivity index (χ0v) is 17.4. The Morgan fingerprint density at radius 3 is 2.68 bits per heavy atom. The average Bonchev–Trinajstić information content (AvgIpc) is 3.46. The fraction of sp³-hybridized carbons (Fsp3) is 0.455. The predicted octanol–water partition coefficient (Wildman–Crippen LogP) is 2.75. The van der Waals surface area contributed by atoms with E-state index in [2.05, 4.69) is 15.2 Å². The summed E-state index contributed by atoms with van der Waals surface area (Å²) in [6.07, 6.45) is 3.47. The number of aromatic nitrogens is 4. The van der Waals surface area contributed by atoms with Crippen LogP contribution >= 0.6 is 0 Å². The molecule has 2 aliphatic rings. The van der Waals surface area contributed by atoms with Crippen molar-refractivity contribution < 1.29 is 18.8 Å². The van der Waals surface area contributed by atoms with Crippen molar-refractivity contribution in [1.29, 1.82) is 0 Å². The van der Waals surface area contributed by atoms with Crippen molar-refractivity contribution in [2.24, 2.45) is 0 Å². The summed E-state index contributed by atoms with van der Waals surface area (Å²) >= 11 is 0. The van der Waals surface area contributed by atoms with Crippen molar-refractivity contribution in [3.05, 3.63) is 48.1 Å². The lowest BCUT2D eigenvalue weighted by molar-refractivity contribution is 0.0169. The van der Waals surface area contributed by atoms with Gasteiger partial charge in [-0.2, -0.15) is 10.1 Å². The summed E-state index contributed by atoms with van der Waals surface area (Å²) in [4.78, 5) is 18.9. The van der Waals surface area contributed by atoms with Gasteiger partial charge in [0.1, 0.15) is 17.5 Å². The molecule has 0 saturated carbocycles.